The predicted molar refractivity (Wildman–Crippen MR) is 192 cm³/mol. The number of hydrogen-bond donors (Lipinski definition) is 1. The monoisotopic (exact) mass is 586 g/mol. The second-order valence-electron chi connectivity index (χ2n) is 12.1. The molecule has 1 aromatic heterocycles. The van der Waals surface area contributed by atoms with Gasteiger partial charge in [-0.15, -0.1) is 0 Å². The van der Waals surface area contributed by atoms with Gasteiger partial charge < -0.3 is 5.32 Å². The van der Waals surface area contributed by atoms with Crippen molar-refractivity contribution in [1.29, 1.82) is 0 Å². The Morgan fingerprint density at radius 1 is 0.435 bits per heavy atom. The van der Waals surface area contributed by atoms with Crippen molar-refractivity contribution in [3.63, 3.8) is 0 Å². The van der Waals surface area contributed by atoms with Gasteiger partial charge in [0.25, 0.3) is 0 Å². The zero-order valence-electron chi connectivity index (χ0n) is 25.2. The van der Waals surface area contributed by atoms with Gasteiger partial charge in [0.05, 0.1) is 22.8 Å². The Hall–Kier alpha value is -5.99. The first-order valence-corrected chi connectivity index (χ1v) is 15.8. The molecule has 0 fully saturated rings. The number of benzene rings is 7. The average molecular weight is 587 g/mol. The lowest BCUT2D eigenvalue weighted by Gasteiger charge is -2.34. The Labute approximate surface area is 268 Å². The van der Waals surface area contributed by atoms with Gasteiger partial charge in [-0.2, -0.15) is 0 Å². The molecule has 46 heavy (non-hydrogen) atoms. The fourth-order valence-corrected chi connectivity index (χ4v) is 7.48. The molecule has 0 unspecified atom stereocenters. The van der Waals surface area contributed by atoms with E-state index in [1.54, 1.807) is 0 Å². The van der Waals surface area contributed by atoms with Crippen LogP contribution in [0.3, 0.4) is 0 Å². The first-order chi connectivity index (χ1) is 22.8. The van der Waals surface area contributed by atoms with E-state index in [1.807, 2.05) is 6.20 Å². The minimum atomic E-state index is -0.490. The molecule has 216 valence electrons. The van der Waals surface area contributed by atoms with Gasteiger partial charge in [0.2, 0.25) is 0 Å². The van der Waals surface area contributed by atoms with E-state index in [0.29, 0.717) is 0 Å². The second-order valence-corrected chi connectivity index (χ2v) is 12.1. The van der Waals surface area contributed by atoms with Gasteiger partial charge in [-0.3, -0.25) is 4.98 Å². The summed E-state index contributed by atoms with van der Waals surface area (Å²) in [7, 11) is 0. The molecule has 8 aromatic rings. The quantitative estimate of drug-likeness (QED) is 0.203. The molecule has 1 aliphatic carbocycles. The van der Waals surface area contributed by atoms with E-state index in [0.717, 1.165) is 22.3 Å². The molecule has 2 heteroatoms. The minimum absolute atomic E-state index is 0.490. The molecular weight excluding hydrogens is 556 g/mol. The van der Waals surface area contributed by atoms with E-state index in [2.05, 4.69) is 175 Å². The summed E-state index contributed by atoms with van der Waals surface area (Å²) in [6, 6.07) is 61.4. The summed E-state index contributed by atoms with van der Waals surface area (Å²) in [5.41, 5.74) is 12.6. The van der Waals surface area contributed by atoms with Gasteiger partial charge in [-0.05, 0) is 74.2 Å². The molecule has 0 bridgehead atoms. The zero-order valence-corrected chi connectivity index (χ0v) is 25.2. The molecule has 0 aliphatic heterocycles. The van der Waals surface area contributed by atoms with Crippen molar-refractivity contribution in [1.82, 2.24) is 4.98 Å². The number of fused-ring (bicyclic) bond motifs is 6. The van der Waals surface area contributed by atoms with Crippen molar-refractivity contribution in [3.05, 3.63) is 198 Å². The Kier molecular flexibility index (Phi) is 6.07. The number of rotatable bonds is 5. The first kappa shape index (κ1) is 26.4. The van der Waals surface area contributed by atoms with Crippen LogP contribution in [0.1, 0.15) is 22.3 Å². The lowest BCUT2D eigenvalue weighted by Crippen LogP contribution is -2.28. The van der Waals surface area contributed by atoms with Gasteiger partial charge in [0.1, 0.15) is 0 Å². The Bertz CT molecular complexity index is 2340. The summed E-state index contributed by atoms with van der Waals surface area (Å²) < 4.78 is 0. The molecule has 2 nitrogen and oxygen atoms in total. The van der Waals surface area contributed by atoms with Crippen molar-refractivity contribution in [2.24, 2.45) is 0 Å². The van der Waals surface area contributed by atoms with Crippen molar-refractivity contribution in [3.8, 4) is 22.3 Å². The number of nitrogens with zero attached hydrogens (tertiary/aromatic N) is 1. The largest absolute Gasteiger partial charge is 0.354 e. The minimum Gasteiger partial charge on any atom is -0.354 e. The highest BCUT2D eigenvalue weighted by atomic mass is 14.9. The predicted octanol–water partition coefficient (Wildman–Crippen LogP) is 11.2. The summed E-state index contributed by atoms with van der Waals surface area (Å²) in [4.78, 5) is 4.91. The molecule has 0 amide bonds. The summed E-state index contributed by atoms with van der Waals surface area (Å²) in [6.07, 6.45) is 1.95. The van der Waals surface area contributed by atoms with Crippen LogP contribution in [-0.2, 0) is 5.41 Å². The van der Waals surface area contributed by atoms with Crippen LogP contribution in [-0.4, -0.2) is 4.98 Å². The van der Waals surface area contributed by atoms with Gasteiger partial charge in [-0.1, -0.05) is 146 Å². The third kappa shape index (κ3) is 4.08. The van der Waals surface area contributed by atoms with E-state index in [-0.39, 0.29) is 0 Å². The van der Waals surface area contributed by atoms with Crippen LogP contribution in [0.2, 0.25) is 0 Å². The molecule has 0 saturated heterocycles. The number of aromatic nitrogens is 1. The van der Waals surface area contributed by atoms with E-state index in [1.165, 1.54) is 55.3 Å². The highest BCUT2D eigenvalue weighted by molar-refractivity contribution is 6.05. The molecule has 0 saturated carbocycles. The van der Waals surface area contributed by atoms with Crippen LogP contribution in [0.4, 0.5) is 11.4 Å². The van der Waals surface area contributed by atoms with Gasteiger partial charge in [-0.25, -0.2) is 0 Å². The van der Waals surface area contributed by atoms with E-state index >= 15 is 0 Å². The summed E-state index contributed by atoms with van der Waals surface area (Å²) >= 11 is 0. The molecule has 0 atom stereocenters. The highest BCUT2D eigenvalue weighted by Crippen LogP contribution is 2.57. The SMILES string of the molecule is c1ccc(-c2ccc3c(c2)C(c2ccccc2)(c2ccccc2)c2cc(Nc4cnc5c(ccc6ccccc65)c4)ccc2-3)cc1. The highest BCUT2D eigenvalue weighted by Gasteiger charge is 2.46. The van der Waals surface area contributed by atoms with Crippen LogP contribution in [0.5, 0.6) is 0 Å². The number of pyridine rings is 1. The number of hydrogen-bond acceptors (Lipinski definition) is 2. The Morgan fingerprint density at radius 3 is 1.78 bits per heavy atom. The molecule has 9 rings (SSSR count). The molecule has 1 N–H and O–H groups in total. The maximum atomic E-state index is 4.91. The lowest BCUT2D eigenvalue weighted by atomic mass is 9.67. The average Bonchev–Trinajstić information content (AvgIpc) is 3.42. The van der Waals surface area contributed by atoms with Gasteiger partial charge >= 0.3 is 0 Å². The van der Waals surface area contributed by atoms with Crippen LogP contribution < -0.4 is 5.32 Å². The van der Waals surface area contributed by atoms with Crippen LogP contribution in [0.25, 0.3) is 43.9 Å². The van der Waals surface area contributed by atoms with Crippen molar-refractivity contribution < 1.29 is 0 Å². The summed E-state index contributed by atoms with van der Waals surface area (Å²) in [6.45, 7) is 0. The van der Waals surface area contributed by atoms with E-state index in [9.17, 15) is 0 Å². The fourth-order valence-electron chi connectivity index (χ4n) is 7.48. The molecule has 0 radical (unpaired) electrons. The van der Waals surface area contributed by atoms with Crippen molar-refractivity contribution in [2.45, 2.75) is 5.41 Å². The fraction of sp³-hybridized carbons (Fsp3) is 0.0227. The topological polar surface area (TPSA) is 24.9 Å². The maximum absolute atomic E-state index is 4.91. The van der Waals surface area contributed by atoms with Crippen LogP contribution in [0.15, 0.2) is 176 Å². The zero-order chi connectivity index (χ0) is 30.5. The standard InChI is InChI=1S/C44H30N2/c1-4-12-30(13-5-1)32-22-24-39-40-25-23-36(46-37-26-33-21-20-31-14-10-11-19-38(31)43(33)45-29-37)28-42(40)44(41(39)27-32,34-15-6-2-7-16-34)35-17-8-3-9-18-35/h1-29,46H. The number of nitrogens with one attached hydrogen (secondary N) is 1. The number of anilines is 2. The maximum Gasteiger partial charge on any atom is 0.0781 e. The lowest BCUT2D eigenvalue weighted by molar-refractivity contribution is 0.769. The van der Waals surface area contributed by atoms with Crippen LogP contribution in [0, 0.1) is 0 Å². The smallest absolute Gasteiger partial charge is 0.0781 e. The van der Waals surface area contributed by atoms with E-state index < -0.39 is 5.41 Å². The normalized spacial score (nSPS) is 13.0. The van der Waals surface area contributed by atoms with Crippen molar-refractivity contribution >= 4 is 33.1 Å². The Balaban J connectivity index is 1.24. The third-order valence-electron chi connectivity index (χ3n) is 9.52. The van der Waals surface area contributed by atoms with Crippen LogP contribution >= 0.6 is 0 Å². The van der Waals surface area contributed by atoms with E-state index in [4.69, 9.17) is 4.98 Å². The molecule has 1 aliphatic rings. The molecule has 0 spiro atoms. The third-order valence-corrected chi connectivity index (χ3v) is 9.52. The summed E-state index contributed by atoms with van der Waals surface area (Å²) in [5, 5.41) is 7.21. The summed E-state index contributed by atoms with van der Waals surface area (Å²) in [5.74, 6) is 0. The second kappa shape index (κ2) is 10.6. The molecule has 7 aromatic carbocycles. The first-order valence-electron chi connectivity index (χ1n) is 15.8. The van der Waals surface area contributed by atoms with Gasteiger partial charge in [0.15, 0.2) is 0 Å². The van der Waals surface area contributed by atoms with Gasteiger partial charge in [0, 0.05) is 16.5 Å². The Morgan fingerprint density at radius 2 is 1.04 bits per heavy atom. The molecule has 1 heterocycles. The van der Waals surface area contributed by atoms with Crippen molar-refractivity contribution in [2.75, 3.05) is 5.32 Å². The molecular formula is C44H30N2.